The van der Waals surface area contributed by atoms with Crippen LogP contribution in [0.15, 0.2) is 35.3 Å². The van der Waals surface area contributed by atoms with Gasteiger partial charge in [-0.25, -0.2) is 10.3 Å². The Morgan fingerprint density at radius 3 is 2.64 bits per heavy atom. The fourth-order valence-electron chi connectivity index (χ4n) is 1.63. The first-order valence-electron chi connectivity index (χ1n) is 7.02. The molecule has 1 unspecified atom stereocenters. The molecule has 1 atom stereocenters. The average Bonchev–Trinajstić information content (AvgIpc) is 2.52. The van der Waals surface area contributed by atoms with Crippen molar-refractivity contribution in [3.63, 3.8) is 0 Å². The van der Waals surface area contributed by atoms with Gasteiger partial charge in [0.15, 0.2) is 0 Å². The minimum Gasteiger partial charge on any atom is -0.480 e. The number of rotatable bonds is 7. The van der Waals surface area contributed by atoms with Crippen molar-refractivity contribution in [2.24, 2.45) is 10.7 Å². The Morgan fingerprint density at radius 1 is 1.32 bits per heavy atom. The number of unbranched alkanes of at least 4 members (excludes halogenated alkanes) is 1. The molecule has 1 aromatic carbocycles. The fourth-order valence-corrected chi connectivity index (χ4v) is 1.63. The van der Waals surface area contributed by atoms with Gasteiger partial charge in [0.1, 0.15) is 11.9 Å². The lowest BCUT2D eigenvalue weighted by Gasteiger charge is -2.07. The predicted octanol–water partition coefficient (Wildman–Crippen LogP) is 1.35. The highest BCUT2D eigenvalue weighted by molar-refractivity contribution is 5.90. The van der Waals surface area contributed by atoms with Crippen molar-refractivity contribution >= 4 is 17.8 Å². The number of nitrogens with two attached hydrogens (primary N) is 1. The summed E-state index contributed by atoms with van der Waals surface area (Å²) in [6.45, 7) is 2.19. The fraction of sp³-hybridized carbons (Fsp3) is 0.400. The van der Waals surface area contributed by atoms with Gasteiger partial charge in [-0.1, -0.05) is 18.2 Å². The summed E-state index contributed by atoms with van der Waals surface area (Å²) in [5.41, 5.74) is 8.32. The number of hydrogen-bond acceptors (Lipinski definition) is 5. The first kappa shape index (κ1) is 17.6. The zero-order valence-electron chi connectivity index (χ0n) is 12.5. The van der Waals surface area contributed by atoms with Gasteiger partial charge in [-0.05, 0) is 38.3 Å². The molecule has 22 heavy (non-hydrogen) atoms. The van der Waals surface area contributed by atoms with Crippen LogP contribution in [-0.2, 0) is 9.63 Å². The zero-order valence-corrected chi connectivity index (χ0v) is 12.5. The molecule has 0 radical (unpaired) electrons. The van der Waals surface area contributed by atoms with Gasteiger partial charge in [0, 0.05) is 6.54 Å². The van der Waals surface area contributed by atoms with E-state index >= 15 is 0 Å². The number of carboxylic acids is 1. The van der Waals surface area contributed by atoms with E-state index in [2.05, 4.69) is 10.5 Å². The van der Waals surface area contributed by atoms with Crippen molar-refractivity contribution in [2.75, 3.05) is 6.54 Å². The third kappa shape index (κ3) is 6.85. The second-order valence-electron chi connectivity index (χ2n) is 4.77. The molecule has 0 aromatic heterocycles. The maximum Gasteiger partial charge on any atom is 0.362 e. The number of hydroxylamine groups is 1. The lowest BCUT2D eigenvalue weighted by atomic mass is 10.1. The van der Waals surface area contributed by atoms with E-state index in [-0.39, 0.29) is 0 Å². The first-order valence-corrected chi connectivity index (χ1v) is 7.02. The molecule has 1 aromatic rings. The van der Waals surface area contributed by atoms with E-state index in [1.54, 1.807) is 31.2 Å². The largest absolute Gasteiger partial charge is 0.480 e. The molecule has 0 heterocycles. The number of amidine groups is 1. The van der Waals surface area contributed by atoms with Gasteiger partial charge < -0.3 is 15.7 Å². The molecule has 0 spiro atoms. The first-order chi connectivity index (χ1) is 10.5. The Bertz CT molecular complexity index is 517. The molecule has 0 aliphatic rings. The predicted molar refractivity (Wildman–Crippen MR) is 82.4 cm³/mol. The van der Waals surface area contributed by atoms with Crippen LogP contribution in [0, 0.1) is 0 Å². The van der Waals surface area contributed by atoms with Crippen molar-refractivity contribution < 1.29 is 19.5 Å². The van der Waals surface area contributed by atoms with Crippen molar-refractivity contribution in [1.29, 1.82) is 0 Å². The van der Waals surface area contributed by atoms with Gasteiger partial charge in [0.05, 0.1) is 5.56 Å². The standard InChI is InChI=1S/C15H21N3O4/c1-11(17-10-6-5-9-13(16)14(19)20)18-22-15(21)12-7-3-2-4-8-12/h2-4,7-8,13H,5-6,9-10,16H2,1H3,(H,17,18)(H,19,20). The van der Waals surface area contributed by atoms with E-state index in [4.69, 9.17) is 15.7 Å². The molecular weight excluding hydrogens is 286 g/mol. The molecule has 4 N–H and O–H groups in total. The van der Waals surface area contributed by atoms with Crippen molar-refractivity contribution in [1.82, 2.24) is 5.48 Å². The maximum atomic E-state index is 11.7. The molecular formula is C15H21N3O4. The van der Waals surface area contributed by atoms with E-state index in [0.717, 1.165) is 0 Å². The Morgan fingerprint density at radius 2 is 2.00 bits per heavy atom. The third-order valence-electron chi connectivity index (χ3n) is 2.89. The van der Waals surface area contributed by atoms with Crippen LogP contribution >= 0.6 is 0 Å². The highest BCUT2D eigenvalue weighted by Crippen LogP contribution is 2.01. The molecule has 0 fully saturated rings. The molecule has 0 aliphatic heterocycles. The molecule has 7 heteroatoms. The summed E-state index contributed by atoms with van der Waals surface area (Å²) in [5.74, 6) is -0.997. The minimum absolute atomic E-state index is 0.417. The van der Waals surface area contributed by atoms with Gasteiger partial charge >= 0.3 is 11.9 Å². The summed E-state index contributed by atoms with van der Waals surface area (Å²) in [6, 6.07) is 7.80. The summed E-state index contributed by atoms with van der Waals surface area (Å²) in [7, 11) is 0. The Labute approximate surface area is 129 Å². The molecule has 0 saturated heterocycles. The maximum absolute atomic E-state index is 11.7. The van der Waals surface area contributed by atoms with Crippen LogP contribution in [0.1, 0.15) is 36.5 Å². The van der Waals surface area contributed by atoms with E-state index in [0.29, 0.717) is 37.2 Å². The molecule has 1 rings (SSSR count). The molecule has 7 nitrogen and oxygen atoms in total. The van der Waals surface area contributed by atoms with E-state index in [1.807, 2.05) is 6.07 Å². The molecule has 0 bridgehead atoms. The van der Waals surface area contributed by atoms with Crippen LogP contribution in [-0.4, -0.2) is 35.5 Å². The number of benzene rings is 1. The normalized spacial score (nSPS) is 12.5. The minimum atomic E-state index is -0.992. The Kier molecular flexibility index (Phi) is 7.63. The number of aliphatic carboxylic acids is 1. The second kappa shape index (κ2) is 9.51. The van der Waals surface area contributed by atoms with Gasteiger partial charge in [0.2, 0.25) is 0 Å². The molecule has 0 amide bonds. The van der Waals surface area contributed by atoms with Crippen molar-refractivity contribution in [2.45, 2.75) is 32.2 Å². The van der Waals surface area contributed by atoms with Gasteiger partial charge in [-0.2, -0.15) is 0 Å². The van der Waals surface area contributed by atoms with Crippen molar-refractivity contribution in [3.8, 4) is 0 Å². The van der Waals surface area contributed by atoms with Crippen LogP contribution < -0.4 is 11.2 Å². The number of carbonyl (C=O) groups is 2. The van der Waals surface area contributed by atoms with Gasteiger partial charge in [-0.15, -0.1) is 0 Å². The SMILES string of the molecule is CC(=NCCCCC(N)C(=O)O)NOC(=O)c1ccccc1. The lowest BCUT2D eigenvalue weighted by Crippen LogP contribution is -2.29. The van der Waals surface area contributed by atoms with Crippen LogP contribution in [0.3, 0.4) is 0 Å². The van der Waals surface area contributed by atoms with Gasteiger partial charge in [0.25, 0.3) is 0 Å². The summed E-state index contributed by atoms with van der Waals surface area (Å²) in [4.78, 5) is 31.3. The van der Waals surface area contributed by atoms with Crippen LogP contribution in [0.25, 0.3) is 0 Å². The van der Waals surface area contributed by atoms with Crippen LogP contribution in [0.2, 0.25) is 0 Å². The zero-order chi connectivity index (χ0) is 16.4. The van der Waals surface area contributed by atoms with Crippen molar-refractivity contribution in [3.05, 3.63) is 35.9 Å². The number of nitrogens with one attached hydrogen (secondary N) is 1. The number of aliphatic imine (C=N–C) groups is 1. The molecule has 0 saturated carbocycles. The smallest absolute Gasteiger partial charge is 0.362 e. The Balaban J connectivity index is 2.21. The molecule has 0 aliphatic carbocycles. The number of nitrogens with zero attached hydrogens (tertiary/aromatic N) is 1. The third-order valence-corrected chi connectivity index (χ3v) is 2.89. The Hall–Kier alpha value is -2.41. The summed E-state index contributed by atoms with van der Waals surface area (Å²) in [6.07, 6.45) is 1.81. The highest BCUT2D eigenvalue weighted by Gasteiger charge is 2.10. The lowest BCUT2D eigenvalue weighted by molar-refractivity contribution is -0.138. The number of hydrogen-bond donors (Lipinski definition) is 3. The summed E-state index contributed by atoms with van der Waals surface area (Å²) >= 11 is 0. The number of carbonyl (C=O) groups excluding carboxylic acids is 1. The quantitative estimate of drug-likeness (QED) is 0.303. The van der Waals surface area contributed by atoms with E-state index < -0.39 is 18.0 Å². The van der Waals surface area contributed by atoms with E-state index in [1.165, 1.54) is 0 Å². The second-order valence-corrected chi connectivity index (χ2v) is 4.77. The van der Waals surface area contributed by atoms with E-state index in [9.17, 15) is 9.59 Å². The topological polar surface area (TPSA) is 114 Å². The van der Waals surface area contributed by atoms with Crippen LogP contribution in [0.5, 0.6) is 0 Å². The number of carboxylic acid groups (broad SMARTS) is 1. The molecule has 120 valence electrons. The van der Waals surface area contributed by atoms with Crippen LogP contribution in [0.4, 0.5) is 0 Å². The van der Waals surface area contributed by atoms with Gasteiger partial charge in [-0.3, -0.25) is 9.79 Å². The highest BCUT2D eigenvalue weighted by atomic mass is 16.7. The average molecular weight is 307 g/mol. The monoisotopic (exact) mass is 307 g/mol. The summed E-state index contributed by atoms with van der Waals surface area (Å²) < 4.78 is 0. The summed E-state index contributed by atoms with van der Waals surface area (Å²) in [5, 5.41) is 8.63.